The van der Waals surface area contributed by atoms with Crippen molar-refractivity contribution in [3.63, 3.8) is 0 Å². The summed E-state index contributed by atoms with van der Waals surface area (Å²) in [4.78, 5) is 12.9. The van der Waals surface area contributed by atoms with Crippen molar-refractivity contribution >= 4 is 123 Å². The van der Waals surface area contributed by atoms with Crippen LogP contribution in [0.15, 0.2) is 18.2 Å². The molecule has 0 saturated carbocycles. The Hall–Kier alpha value is 2.84. The SMILES string of the molecule is CP(C)(=S)CP(CP(C)(C)=S)c1ccc(C(=O)NCCN)cc1P(CP(C)(C)=S)CP(C)(=S)I. The summed E-state index contributed by atoms with van der Waals surface area (Å²) in [5, 5.41) is 5.67. The molecule has 0 aliphatic carbocycles. The molecule has 0 saturated heterocycles. The molecule has 3 N–H and O–H groups in total. The van der Waals surface area contributed by atoms with Crippen LogP contribution < -0.4 is 21.7 Å². The number of hydrogen-bond donors (Lipinski definition) is 2. The largest absolute Gasteiger partial charge is 0.351 e. The predicted molar refractivity (Wildman–Crippen MR) is 193 cm³/mol. The first-order chi connectivity index (χ1) is 15.2. The van der Waals surface area contributed by atoms with E-state index < -0.39 is 37.6 Å². The van der Waals surface area contributed by atoms with Crippen molar-refractivity contribution in [3.05, 3.63) is 23.8 Å². The summed E-state index contributed by atoms with van der Waals surface area (Å²) in [6, 6.07) is 2.01. The van der Waals surface area contributed by atoms with E-state index in [1.165, 1.54) is 10.6 Å². The molecule has 34 heavy (non-hydrogen) atoms. The van der Waals surface area contributed by atoms with Crippen LogP contribution in [-0.2, 0) is 47.2 Å². The molecule has 0 bridgehead atoms. The van der Waals surface area contributed by atoms with Gasteiger partial charge in [0.15, 0.2) is 0 Å². The number of hydrogen-bond acceptors (Lipinski definition) is 6. The summed E-state index contributed by atoms with van der Waals surface area (Å²) in [6.45, 7) is 16.6. The topological polar surface area (TPSA) is 55.1 Å². The number of nitrogens with two attached hydrogens (primary N) is 1. The second-order valence-electron chi connectivity index (χ2n) is 10.1. The van der Waals surface area contributed by atoms with E-state index in [9.17, 15) is 4.79 Å². The molecule has 0 heterocycles. The van der Waals surface area contributed by atoms with Crippen molar-refractivity contribution in [3.8, 4) is 0 Å². The Bertz CT molecular complexity index is 1010. The third-order valence-corrected chi connectivity index (χ3v) is 29.2. The number of nitrogens with one attached hydrogen (secondary N) is 1. The maximum absolute atomic E-state index is 12.9. The molecule has 1 aromatic carbocycles. The van der Waals surface area contributed by atoms with Crippen molar-refractivity contribution in [1.29, 1.82) is 0 Å². The molecular weight excluding hydrogens is 725 g/mol. The van der Waals surface area contributed by atoms with Crippen LogP contribution in [0.2, 0.25) is 0 Å². The van der Waals surface area contributed by atoms with E-state index in [4.69, 9.17) is 53.0 Å². The van der Waals surface area contributed by atoms with Gasteiger partial charge >= 0.3 is 0 Å². The van der Waals surface area contributed by atoms with Gasteiger partial charge in [0, 0.05) is 45.9 Å². The van der Waals surface area contributed by atoms with Gasteiger partial charge in [-0.25, -0.2) is 0 Å². The maximum Gasteiger partial charge on any atom is 0.251 e. The van der Waals surface area contributed by atoms with Crippen LogP contribution in [0.5, 0.6) is 0 Å². The van der Waals surface area contributed by atoms with Crippen molar-refractivity contribution in [2.75, 3.05) is 83.4 Å². The Balaban J connectivity index is 3.81. The van der Waals surface area contributed by atoms with Crippen LogP contribution >= 0.6 is 59.7 Å². The molecule has 0 spiro atoms. The Morgan fingerprint density at radius 3 is 1.68 bits per heavy atom. The zero-order valence-corrected chi connectivity index (χ0v) is 31.9. The molecule has 14 heteroatoms. The number of carbonyl (C=O) groups excluding carboxylic acids is 1. The number of carbonyl (C=O) groups is 1. The van der Waals surface area contributed by atoms with Gasteiger partial charge in [-0.05, 0) is 110 Å². The molecule has 0 fully saturated rings. The highest BCUT2D eigenvalue weighted by Gasteiger charge is 2.29. The summed E-state index contributed by atoms with van der Waals surface area (Å²) in [5.74, 6) is 4.09. The molecular formula is C20H39IN2OP6S4. The quantitative estimate of drug-likeness (QED) is 0.187. The third-order valence-electron chi connectivity index (χ3n) is 4.31. The smallest absolute Gasteiger partial charge is 0.251 e. The van der Waals surface area contributed by atoms with Gasteiger partial charge in [0.2, 0.25) is 0 Å². The van der Waals surface area contributed by atoms with Gasteiger partial charge in [-0.15, -0.1) is 0 Å². The highest BCUT2D eigenvalue weighted by Crippen LogP contribution is 2.65. The Morgan fingerprint density at radius 1 is 0.853 bits per heavy atom. The molecule has 1 rings (SSSR count). The van der Waals surface area contributed by atoms with Crippen LogP contribution in [0, 0.1) is 0 Å². The van der Waals surface area contributed by atoms with Crippen LogP contribution in [0.4, 0.5) is 0 Å². The molecule has 2 unspecified atom stereocenters. The zero-order valence-electron chi connectivity index (χ0n) is 21.2. The first kappa shape index (κ1) is 34.9. The minimum Gasteiger partial charge on any atom is -0.351 e. The first-order valence-electron chi connectivity index (χ1n) is 10.7. The van der Waals surface area contributed by atoms with Gasteiger partial charge in [-0.3, -0.25) is 4.79 Å². The van der Waals surface area contributed by atoms with Gasteiger partial charge < -0.3 is 11.1 Å². The highest BCUT2D eigenvalue weighted by molar-refractivity contribution is 14.2. The van der Waals surface area contributed by atoms with Crippen LogP contribution in [0.1, 0.15) is 10.4 Å². The summed E-state index contributed by atoms with van der Waals surface area (Å²) in [6.07, 6.45) is 0. The molecule has 1 amide bonds. The van der Waals surface area contributed by atoms with E-state index in [2.05, 4.69) is 86.1 Å². The van der Waals surface area contributed by atoms with Gasteiger partial charge in [-0.1, -0.05) is 69.1 Å². The predicted octanol–water partition coefficient (Wildman–Crippen LogP) is 6.10. The van der Waals surface area contributed by atoms with Gasteiger partial charge in [0.1, 0.15) is 0 Å². The second kappa shape index (κ2) is 14.5. The zero-order chi connectivity index (χ0) is 26.5. The molecule has 0 radical (unpaired) electrons. The van der Waals surface area contributed by atoms with Crippen molar-refractivity contribution in [1.82, 2.24) is 5.32 Å². The number of amides is 1. The monoisotopic (exact) mass is 764 g/mol. The fraction of sp³-hybridized carbons (Fsp3) is 0.650. The lowest BCUT2D eigenvalue weighted by molar-refractivity contribution is 0.0955. The van der Waals surface area contributed by atoms with Gasteiger partial charge in [0.05, 0.1) is 0 Å². The summed E-state index contributed by atoms with van der Waals surface area (Å²) < 4.78 is -1.50. The Morgan fingerprint density at radius 2 is 1.29 bits per heavy atom. The summed E-state index contributed by atoms with van der Waals surface area (Å²) in [7, 11) is -1.07. The third kappa shape index (κ3) is 14.8. The van der Waals surface area contributed by atoms with E-state index in [1.807, 2.05) is 6.07 Å². The highest BCUT2D eigenvalue weighted by atomic mass is 127. The van der Waals surface area contributed by atoms with Crippen LogP contribution in [0.25, 0.3) is 0 Å². The molecule has 2 atom stereocenters. The van der Waals surface area contributed by atoms with Crippen LogP contribution in [0.3, 0.4) is 0 Å². The van der Waals surface area contributed by atoms with E-state index in [-0.39, 0.29) is 5.91 Å². The van der Waals surface area contributed by atoms with Crippen LogP contribution in [-0.4, -0.2) is 89.3 Å². The normalized spacial score (nSPS) is 15.7. The average Bonchev–Trinajstić information content (AvgIpc) is 2.60. The van der Waals surface area contributed by atoms with E-state index in [0.29, 0.717) is 18.7 Å². The van der Waals surface area contributed by atoms with Crippen molar-refractivity contribution in [2.45, 2.75) is 0 Å². The standard InChI is InChI=1S/C20H39IN2OP6S4/c1-27(2,31)13-25(14-28(3,4)32)18-9-8-17(20(24)23-11-10-22)12-19(18)26(15-29(5,6)33)16-30(7,21)34/h8-9,12H,10-11,13-16,22H2,1-7H3,(H,23,24). The van der Waals surface area contributed by atoms with Crippen molar-refractivity contribution < 1.29 is 4.79 Å². The second-order valence-corrected chi connectivity index (χ2v) is 48.8. The molecule has 1 aromatic rings. The molecule has 0 aliphatic rings. The number of benzene rings is 1. The number of rotatable bonds is 13. The lowest BCUT2D eigenvalue weighted by Gasteiger charge is -2.32. The minimum atomic E-state index is -1.50. The van der Waals surface area contributed by atoms with Gasteiger partial charge in [0.25, 0.3) is 5.91 Å². The molecule has 0 aromatic heterocycles. The lowest BCUT2D eigenvalue weighted by atomic mass is 10.2. The summed E-state index contributed by atoms with van der Waals surface area (Å²) in [5.41, 5.74) is 6.32. The first-order valence-corrected chi connectivity index (χ1v) is 32.0. The minimum absolute atomic E-state index is 0.0671. The number of halogens is 1. The fourth-order valence-corrected chi connectivity index (χ4v) is 31.1. The lowest BCUT2D eigenvalue weighted by Crippen LogP contribution is -2.32. The van der Waals surface area contributed by atoms with E-state index in [1.54, 1.807) is 0 Å². The van der Waals surface area contributed by atoms with Gasteiger partial charge in [-0.2, -0.15) is 0 Å². The molecule has 3 nitrogen and oxygen atoms in total. The summed E-state index contributed by atoms with van der Waals surface area (Å²) >= 11 is 26.3. The average molecular weight is 765 g/mol. The fourth-order valence-electron chi connectivity index (χ4n) is 3.41. The van der Waals surface area contributed by atoms with Crippen molar-refractivity contribution in [2.24, 2.45) is 5.73 Å². The van der Waals surface area contributed by atoms with E-state index in [0.717, 1.165) is 23.6 Å². The Labute approximate surface area is 244 Å². The maximum atomic E-state index is 12.9. The Kier molecular flexibility index (Phi) is 14.8. The van der Waals surface area contributed by atoms with E-state index >= 15 is 0 Å². The molecule has 0 aliphatic heterocycles. The molecule has 196 valence electrons.